The molecule has 0 heterocycles. The van der Waals surface area contributed by atoms with Gasteiger partial charge in [0.1, 0.15) is 5.78 Å². The van der Waals surface area contributed by atoms with E-state index in [2.05, 4.69) is 5.32 Å². The molecule has 0 bridgehead atoms. The molecule has 0 saturated heterocycles. The van der Waals surface area contributed by atoms with E-state index in [1.165, 1.54) is 0 Å². The lowest BCUT2D eigenvalue weighted by Gasteiger charge is -2.32. The van der Waals surface area contributed by atoms with E-state index in [9.17, 15) is 9.59 Å². The van der Waals surface area contributed by atoms with E-state index >= 15 is 0 Å². The van der Waals surface area contributed by atoms with Crippen molar-refractivity contribution in [1.82, 2.24) is 5.32 Å². The maximum Gasteiger partial charge on any atom is 0.228 e. The molecule has 0 spiro atoms. The van der Waals surface area contributed by atoms with Gasteiger partial charge in [0.25, 0.3) is 0 Å². The summed E-state index contributed by atoms with van der Waals surface area (Å²) in [5.41, 5.74) is -1.08. The predicted molar refractivity (Wildman–Crippen MR) is 94.5 cm³/mol. The SMILES string of the molecule is CCC(C)(COCC(C)(CC)C(=O)C(C)C)C(=O)NCCOC.[HH]. The van der Waals surface area contributed by atoms with Gasteiger partial charge in [-0.2, -0.15) is 0 Å². The van der Waals surface area contributed by atoms with Gasteiger partial charge in [-0.25, -0.2) is 0 Å². The largest absolute Gasteiger partial charge is 0.383 e. The number of hydrogen-bond donors (Lipinski definition) is 1. The first kappa shape index (κ1) is 22.1. The Kier molecular flexibility index (Phi) is 9.63. The minimum atomic E-state index is -0.594. The van der Waals surface area contributed by atoms with Crippen LogP contribution in [-0.2, 0) is 19.1 Å². The van der Waals surface area contributed by atoms with Crippen LogP contribution >= 0.6 is 0 Å². The minimum absolute atomic E-state index is 0. The molecule has 1 amide bonds. The Morgan fingerprint density at radius 1 is 1.09 bits per heavy atom. The molecule has 0 aromatic heterocycles. The summed E-state index contributed by atoms with van der Waals surface area (Å²) in [4.78, 5) is 24.7. The summed E-state index contributed by atoms with van der Waals surface area (Å²) in [6, 6.07) is 0. The van der Waals surface area contributed by atoms with Crippen molar-refractivity contribution in [2.24, 2.45) is 16.7 Å². The van der Waals surface area contributed by atoms with Crippen LogP contribution in [0.25, 0.3) is 0 Å². The third kappa shape index (κ3) is 6.60. The first-order chi connectivity index (χ1) is 10.7. The van der Waals surface area contributed by atoms with Gasteiger partial charge in [0.15, 0.2) is 0 Å². The topological polar surface area (TPSA) is 64.6 Å². The second-order valence-corrected chi connectivity index (χ2v) is 7.09. The van der Waals surface area contributed by atoms with Crippen molar-refractivity contribution in [1.29, 1.82) is 0 Å². The van der Waals surface area contributed by atoms with Crippen LogP contribution < -0.4 is 5.32 Å². The van der Waals surface area contributed by atoms with Crippen LogP contribution in [-0.4, -0.2) is 45.2 Å². The molecule has 0 aromatic rings. The standard InChI is InChI=1S/C18H35NO4.H2/c1-8-17(5,15(20)14(3)4)12-23-13-18(6,9-2)16(21)19-10-11-22-7;/h14H,8-13H2,1-7H3,(H,19,21);1H. The Hall–Kier alpha value is -0.940. The molecule has 23 heavy (non-hydrogen) atoms. The highest BCUT2D eigenvalue weighted by molar-refractivity contribution is 5.86. The second-order valence-electron chi connectivity index (χ2n) is 7.09. The van der Waals surface area contributed by atoms with Crippen LogP contribution in [0.5, 0.6) is 0 Å². The van der Waals surface area contributed by atoms with Crippen molar-refractivity contribution in [2.75, 3.05) is 33.5 Å². The molecule has 2 atom stereocenters. The van der Waals surface area contributed by atoms with Gasteiger partial charge >= 0.3 is 0 Å². The monoisotopic (exact) mass is 331 g/mol. The van der Waals surface area contributed by atoms with Gasteiger partial charge in [-0.1, -0.05) is 34.6 Å². The van der Waals surface area contributed by atoms with E-state index in [1.54, 1.807) is 7.11 Å². The third-order valence-corrected chi connectivity index (χ3v) is 4.66. The zero-order valence-corrected chi connectivity index (χ0v) is 16.0. The number of Topliss-reactive ketones (excluding diaryl/α,β-unsaturated/α-hetero) is 1. The zero-order chi connectivity index (χ0) is 18.1. The fourth-order valence-corrected chi connectivity index (χ4v) is 2.35. The van der Waals surface area contributed by atoms with Gasteiger partial charge in [-0.3, -0.25) is 9.59 Å². The van der Waals surface area contributed by atoms with Crippen molar-refractivity contribution >= 4 is 11.7 Å². The summed E-state index contributed by atoms with van der Waals surface area (Å²) in [5, 5.41) is 2.87. The van der Waals surface area contributed by atoms with Crippen LogP contribution in [0.15, 0.2) is 0 Å². The minimum Gasteiger partial charge on any atom is -0.383 e. The Morgan fingerprint density at radius 3 is 2.04 bits per heavy atom. The lowest BCUT2D eigenvalue weighted by molar-refractivity contribution is -0.139. The number of methoxy groups -OCH3 is 1. The highest BCUT2D eigenvalue weighted by Crippen LogP contribution is 2.29. The van der Waals surface area contributed by atoms with E-state index in [1.807, 2.05) is 41.5 Å². The highest BCUT2D eigenvalue weighted by atomic mass is 16.5. The van der Waals surface area contributed by atoms with E-state index < -0.39 is 10.8 Å². The molecule has 5 heteroatoms. The molecule has 0 aliphatic rings. The van der Waals surface area contributed by atoms with Crippen LogP contribution in [0.1, 0.15) is 55.8 Å². The quantitative estimate of drug-likeness (QED) is 0.558. The molecule has 0 rings (SSSR count). The van der Waals surface area contributed by atoms with E-state index in [-0.39, 0.29) is 19.0 Å². The summed E-state index contributed by atoms with van der Waals surface area (Å²) in [6.07, 6.45) is 1.40. The number of carbonyl (C=O) groups is 2. The average Bonchev–Trinajstić information content (AvgIpc) is 2.53. The smallest absolute Gasteiger partial charge is 0.228 e. The second kappa shape index (κ2) is 10.0. The molecule has 5 nitrogen and oxygen atoms in total. The normalized spacial score (nSPS) is 16.7. The molecule has 138 valence electrons. The molecule has 0 fully saturated rings. The first-order valence-corrected chi connectivity index (χ1v) is 8.56. The van der Waals surface area contributed by atoms with Gasteiger partial charge in [0.2, 0.25) is 5.91 Å². The van der Waals surface area contributed by atoms with Crippen molar-refractivity contribution < 1.29 is 20.5 Å². The molecule has 0 aromatic carbocycles. The lowest BCUT2D eigenvalue weighted by Crippen LogP contribution is -2.44. The maximum absolute atomic E-state index is 12.4. The first-order valence-electron chi connectivity index (χ1n) is 8.56. The Balaban J connectivity index is 0. The molecule has 0 aliphatic carbocycles. The van der Waals surface area contributed by atoms with Crippen molar-refractivity contribution in [3.63, 3.8) is 0 Å². The number of nitrogens with one attached hydrogen (secondary N) is 1. The average molecular weight is 331 g/mol. The number of ketones is 1. The predicted octanol–water partition coefficient (Wildman–Crippen LogP) is 3.07. The van der Waals surface area contributed by atoms with E-state index in [0.29, 0.717) is 32.8 Å². The molecule has 0 saturated carbocycles. The van der Waals surface area contributed by atoms with Gasteiger partial charge in [0, 0.05) is 26.4 Å². The fraction of sp³-hybridized carbons (Fsp3) is 0.889. The summed E-state index contributed by atoms with van der Waals surface area (Å²) < 4.78 is 10.8. The summed E-state index contributed by atoms with van der Waals surface area (Å²) in [6.45, 7) is 13.3. The summed E-state index contributed by atoms with van der Waals surface area (Å²) in [5.74, 6) is 0.159. The number of amides is 1. The van der Waals surface area contributed by atoms with Gasteiger partial charge < -0.3 is 14.8 Å². The highest BCUT2D eigenvalue weighted by Gasteiger charge is 2.36. The van der Waals surface area contributed by atoms with Gasteiger partial charge in [-0.15, -0.1) is 0 Å². The van der Waals surface area contributed by atoms with Crippen LogP contribution in [0.3, 0.4) is 0 Å². The van der Waals surface area contributed by atoms with E-state index in [4.69, 9.17) is 9.47 Å². The van der Waals surface area contributed by atoms with Crippen LogP contribution in [0.4, 0.5) is 0 Å². The lowest BCUT2D eigenvalue weighted by atomic mass is 9.79. The number of hydrogen-bond acceptors (Lipinski definition) is 4. The van der Waals surface area contributed by atoms with Crippen LogP contribution in [0, 0.1) is 16.7 Å². The van der Waals surface area contributed by atoms with Crippen molar-refractivity contribution in [2.45, 2.75) is 54.4 Å². The van der Waals surface area contributed by atoms with Gasteiger partial charge in [-0.05, 0) is 19.8 Å². The van der Waals surface area contributed by atoms with Crippen molar-refractivity contribution in [3.05, 3.63) is 0 Å². The fourth-order valence-electron chi connectivity index (χ4n) is 2.35. The summed E-state index contributed by atoms with van der Waals surface area (Å²) >= 11 is 0. The van der Waals surface area contributed by atoms with Gasteiger partial charge in [0.05, 0.1) is 25.2 Å². The molecule has 2 unspecified atom stereocenters. The molecular formula is C18H37NO4. The molecule has 1 N–H and O–H groups in total. The molecule has 0 aliphatic heterocycles. The van der Waals surface area contributed by atoms with Crippen LogP contribution in [0.2, 0.25) is 0 Å². The molecular weight excluding hydrogens is 294 g/mol. The zero-order valence-electron chi connectivity index (χ0n) is 16.0. The number of carbonyl (C=O) groups excluding carboxylic acids is 2. The maximum atomic E-state index is 12.4. The Bertz CT molecular complexity index is 389. The number of ether oxygens (including phenoxy) is 2. The Morgan fingerprint density at radius 2 is 1.61 bits per heavy atom. The Labute approximate surface area is 143 Å². The number of rotatable bonds is 12. The van der Waals surface area contributed by atoms with Crippen molar-refractivity contribution in [3.8, 4) is 0 Å². The molecule has 0 radical (unpaired) electrons. The summed E-state index contributed by atoms with van der Waals surface area (Å²) in [7, 11) is 1.60. The third-order valence-electron chi connectivity index (χ3n) is 4.66. The van der Waals surface area contributed by atoms with E-state index in [0.717, 1.165) is 6.42 Å².